The lowest BCUT2D eigenvalue weighted by Gasteiger charge is -2.61. The summed E-state index contributed by atoms with van der Waals surface area (Å²) in [5.74, 6) is 0.965. The van der Waals surface area contributed by atoms with Crippen molar-refractivity contribution in [1.29, 1.82) is 0 Å². The average molecular weight is 281 g/mol. The van der Waals surface area contributed by atoms with Gasteiger partial charge in [0.05, 0.1) is 6.10 Å². The zero-order chi connectivity index (χ0) is 14.4. The van der Waals surface area contributed by atoms with E-state index in [0.717, 1.165) is 25.5 Å². The maximum absolute atomic E-state index is 5.89. The molecule has 0 saturated heterocycles. The molecule has 2 aliphatic carbocycles. The molecule has 0 aromatic heterocycles. The van der Waals surface area contributed by atoms with Crippen molar-refractivity contribution in [2.45, 2.75) is 70.9 Å². The lowest BCUT2D eigenvalue weighted by atomic mass is 9.51. The second-order valence-corrected chi connectivity index (χ2v) is 6.17. The van der Waals surface area contributed by atoms with Crippen molar-refractivity contribution >= 4 is 5.96 Å². The van der Waals surface area contributed by atoms with Gasteiger partial charge in [0.1, 0.15) is 0 Å². The Morgan fingerprint density at radius 1 is 1.30 bits per heavy atom. The Bertz CT molecular complexity index is 326. The van der Waals surface area contributed by atoms with Gasteiger partial charge < -0.3 is 15.4 Å². The largest absolute Gasteiger partial charge is 0.378 e. The Morgan fingerprint density at radius 2 is 2.10 bits per heavy atom. The lowest BCUT2D eigenvalue weighted by molar-refractivity contribution is -0.168. The summed E-state index contributed by atoms with van der Waals surface area (Å²) >= 11 is 0. The van der Waals surface area contributed by atoms with Gasteiger partial charge in [0.25, 0.3) is 0 Å². The molecule has 4 heteroatoms. The fourth-order valence-corrected chi connectivity index (χ4v) is 3.58. The third-order valence-corrected chi connectivity index (χ3v) is 5.04. The second kappa shape index (κ2) is 7.30. The van der Waals surface area contributed by atoms with Crippen LogP contribution in [0.3, 0.4) is 0 Å². The maximum Gasteiger partial charge on any atom is 0.191 e. The SMILES string of the molecule is CCCCCNC(=NC)NC1CC(OCC)C12CCC2. The molecule has 116 valence electrons. The van der Waals surface area contributed by atoms with Crippen LogP contribution in [0.1, 0.15) is 58.8 Å². The van der Waals surface area contributed by atoms with Crippen molar-refractivity contribution in [3.8, 4) is 0 Å². The Kier molecular flexibility index (Phi) is 5.70. The van der Waals surface area contributed by atoms with E-state index in [1.807, 2.05) is 7.05 Å². The van der Waals surface area contributed by atoms with Crippen LogP contribution in [-0.4, -0.2) is 38.3 Å². The van der Waals surface area contributed by atoms with Crippen LogP contribution in [-0.2, 0) is 4.74 Å². The molecule has 0 amide bonds. The average Bonchev–Trinajstić information content (AvgIpc) is 2.38. The quantitative estimate of drug-likeness (QED) is 0.428. The van der Waals surface area contributed by atoms with Crippen molar-refractivity contribution < 1.29 is 4.74 Å². The number of nitrogens with one attached hydrogen (secondary N) is 2. The van der Waals surface area contributed by atoms with E-state index >= 15 is 0 Å². The van der Waals surface area contributed by atoms with Crippen LogP contribution in [0.25, 0.3) is 0 Å². The summed E-state index contributed by atoms with van der Waals surface area (Å²) in [5, 5.41) is 7.05. The highest BCUT2D eigenvalue weighted by molar-refractivity contribution is 5.80. The Morgan fingerprint density at radius 3 is 2.65 bits per heavy atom. The van der Waals surface area contributed by atoms with Crippen molar-refractivity contribution in [2.24, 2.45) is 10.4 Å². The molecule has 0 aromatic rings. The molecule has 0 radical (unpaired) electrons. The first-order valence-corrected chi connectivity index (χ1v) is 8.35. The minimum Gasteiger partial charge on any atom is -0.378 e. The number of aliphatic imine (C=N–C) groups is 1. The Labute approximate surface area is 123 Å². The molecule has 0 bridgehead atoms. The molecule has 4 nitrogen and oxygen atoms in total. The molecule has 2 aliphatic rings. The number of hydrogen-bond acceptors (Lipinski definition) is 2. The molecule has 2 N–H and O–H groups in total. The zero-order valence-corrected chi connectivity index (χ0v) is 13.4. The number of unbranched alkanes of at least 4 members (excludes halogenated alkanes) is 2. The van der Waals surface area contributed by atoms with E-state index in [0.29, 0.717) is 17.6 Å². The van der Waals surface area contributed by atoms with Crippen molar-refractivity contribution in [2.75, 3.05) is 20.2 Å². The van der Waals surface area contributed by atoms with E-state index in [9.17, 15) is 0 Å². The van der Waals surface area contributed by atoms with Gasteiger partial charge in [-0.15, -0.1) is 0 Å². The van der Waals surface area contributed by atoms with Crippen LogP contribution in [0.15, 0.2) is 4.99 Å². The fourth-order valence-electron chi connectivity index (χ4n) is 3.58. The van der Waals surface area contributed by atoms with Gasteiger partial charge in [-0.1, -0.05) is 26.2 Å². The predicted molar refractivity (Wildman–Crippen MR) is 84.1 cm³/mol. The highest BCUT2D eigenvalue weighted by Crippen LogP contribution is 2.57. The molecule has 1 spiro atoms. The highest BCUT2D eigenvalue weighted by atomic mass is 16.5. The number of hydrogen-bond donors (Lipinski definition) is 2. The van der Waals surface area contributed by atoms with Gasteiger partial charge in [0, 0.05) is 31.7 Å². The summed E-state index contributed by atoms with van der Waals surface area (Å²) in [5.41, 5.74) is 0.400. The van der Waals surface area contributed by atoms with Gasteiger partial charge in [-0.3, -0.25) is 4.99 Å². The summed E-state index contributed by atoms with van der Waals surface area (Å²) in [7, 11) is 1.86. The molecule has 20 heavy (non-hydrogen) atoms. The van der Waals surface area contributed by atoms with Crippen LogP contribution >= 0.6 is 0 Å². The van der Waals surface area contributed by atoms with Crippen molar-refractivity contribution in [3.05, 3.63) is 0 Å². The maximum atomic E-state index is 5.89. The monoisotopic (exact) mass is 281 g/mol. The molecular weight excluding hydrogens is 250 g/mol. The molecule has 0 aliphatic heterocycles. The summed E-state index contributed by atoms with van der Waals surface area (Å²) in [6, 6.07) is 0.546. The van der Waals surface area contributed by atoms with E-state index < -0.39 is 0 Å². The molecular formula is C16H31N3O. The van der Waals surface area contributed by atoms with Crippen LogP contribution in [0.2, 0.25) is 0 Å². The Balaban J connectivity index is 1.77. The van der Waals surface area contributed by atoms with Crippen LogP contribution in [0.4, 0.5) is 0 Å². The summed E-state index contributed by atoms with van der Waals surface area (Å²) < 4.78 is 5.89. The highest BCUT2D eigenvalue weighted by Gasteiger charge is 2.59. The van der Waals surface area contributed by atoms with Gasteiger partial charge in [0.2, 0.25) is 0 Å². The van der Waals surface area contributed by atoms with Gasteiger partial charge in [-0.05, 0) is 32.6 Å². The third-order valence-electron chi connectivity index (χ3n) is 5.04. The van der Waals surface area contributed by atoms with E-state index in [1.165, 1.54) is 38.5 Å². The van der Waals surface area contributed by atoms with Gasteiger partial charge >= 0.3 is 0 Å². The number of nitrogens with zero attached hydrogens (tertiary/aromatic N) is 1. The topological polar surface area (TPSA) is 45.7 Å². The lowest BCUT2D eigenvalue weighted by Crippen LogP contribution is -2.68. The standard InChI is InChI=1S/C16H31N3O/c1-4-6-7-11-18-15(17-3)19-13-12-14(20-5-2)16(13)9-8-10-16/h13-14H,4-12H2,1-3H3,(H2,17,18,19). The van der Waals surface area contributed by atoms with E-state index in [1.54, 1.807) is 0 Å². The van der Waals surface area contributed by atoms with Gasteiger partial charge in [-0.25, -0.2) is 0 Å². The van der Waals surface area contributed by atoms with Crippen molar-refractivity contribution in [1.82, 2.24) is 10.6 Å². The summed E-state index contributed by atoms with van der Waals surface area (Å²) in [4.78, 5) is 4.36. The first-order chi connectivity index (χ1) is 9.76. The van der Waals surface area contributed by atoms with Gasteiger partial charge in [-0.2, -0.15) is 0 Å². The number of guanidine groups is 1. The molecule has 0 aromatic carbocycles. The van der Waals surface area contributed by atoms with Crippen LogP contribution < -0.4 is 10.6 Å². The van der Waals surface area contributed by atoms with E-state index in [4.69, 9.17) is 4.74 Å². The van der Waals surface area contributed by atoms with E-state index in [2.05, 4.69) is 29.5 Å². The number of ether oxygens (including phenoxy) is 1. The van der Waals surface area contributed by atoms with Crippen LogP contribution in [0, 0.1) is 5.41 Å². The van der Waals surface area contributed by atoms with Crippen LogP contribution in [0.5, 0.6) is 0 Å². The van der Waals surface area contributed by atoms with Crippen molar-refractivity contribution in [3.63, 3.8) is 0 Å². The molecule has 2 rings (SSSR count). The fraction of sp³-hybridized carbons (Fsp3) is 0.938. The predicted octanol–water partition coefficient (Wildman–Crippen LogP) is 2.69. The first kappa shape index (κ1) is 15.6. The molecule has 2 unspecified atom stereocenters. The Hall–Kier alpha value is -0.770. The third kappa shape index (κ3) is 3.11. The summed E-state index contributed by atoms with van der Waals surface area (Å²) in [6.07, 6.45) is 9.32. The molecule has 0 heterocycles. The second-order valence-electron chi connectivity index (χ2n) is 6.17. The first-order valence-electron chi connectivity index (χ1n) is 8.35. The molecule has 2 atom stereocenters. The minimum absolute atomic E-state index is 0.400. The molecule has 2 saturated carbocycles. The van der Waals surface area contributed by atoms with Gasteiger partial charge in [0.15, 0.2) is 5.96 Å². The zero-order valence-electron chi connectivity index (χ0n) is 13.4. The summed E-state index contributed by atoms with van der Waals surface area (Å²) in [6.45, 7) is 6.18. The number of rotatable bonds is 7. The molecule has 2 fully saturated rings. The smallest absolute Gasteiger partial charge is 0.191 e. The van der Waals surface area contributed by atoms with E-state index in [-0.39, 0.29) is 0 Å². The normalized spacial score (nSPS) is 27.9. The minimum atomic E-state index is 0.400.